The molecule has 1 atom stereocenters. The molecule has 1 amide bonds. The Bertz CT molecular complexity index is 812. The molecule has 0 saturated carbocycles. The van der Waals surface area contributed by atoms with E-state index in [1.807, 2.05) is 0 Å². The number of amides is 1. The third-order valence-electron chi connectivity index (χ3n) is 4.37. The third-order valence-corrected chi connectivity index (χ3v) is 5.80. The molecule has 1 aromatic heterocycles. The van der Waals surface area contributed by atoms with Crippen LogP contribution < -0.4 is 0 Å². The van der Waals surface area contributed by atoms with Crippen LogP contribution in [0.2, 0.25) is 5.02 Å². The first-order valence-corrected chi connectivity index (χ1v) is 9.35. The predicted octanol–water partition coefficient (Wildman–Crippen LogP) is 4.34. The van der Waals surface area contributed by atoms with Gasteiger partial charge in [0.15, 0.2) is 11.6 Å². The van der Waals surface area contributed by atoms with Crippen LogP contribution in [0.4, 0.5) is 0 Å². The highest BCUT2D eigenvalue weighted by Crippen LogP contribution is 2.25. The molecule has 6 heteroatoms. The molecular weight excluding hydrogens is 358 g/mol. The van der Waals surface area contributed by atoms with Gasteiger partial charge in [-0.25, -0.2) is 0 Å². The minimum absolute atomic E-state index is 0.0431. The smallest absolute Gasteiger partial charge is 0.263 e. The lowest BCUT2D eigenvalue weighted by atomic mass is 9.90. The molecular formula is C19H18ClNO3S. The van der Waals surface area contributed by atoms with Gasteiger partial charge in [-0.15, -0.1) is 11.3 Å². The van der Waals surface area contributed by atoms with Gasteiger partial charge in [0.25, 0.3) is 5.91 Å². The van der Waals surface area contributed by atoms with Gasteiger partial charge in [-0.05, 0) is 56.2 Å². The van der Waals surface area contributed by atoms with Gasteiger partial charge in [-0.2, -0.15) is 0 Å². The average molecular weight is 376 g/mol. The van der Waals surface area contributed by atoms with Crippen LogP contribution in [0.15, 0.2) is 36.4 Å². The number of benzene rings is 1. The number of halogens is 1. The van der Waals surface area contributed by atoms with Crippen molar-refractivity contribution in [3.05, 3.63) is 56.7 Å². The molecule has 2 aromatic rings. The third kappa shape index (κ3) is 3.99. The number of hydrogen-bond donors (Lipinski definition) is 0. The Hall–Kier alpha value is -1.98. The molecule has 3 rings (SSSR count). The van der Waals surface area contributed by atoms with E-state index >= 15 is 0 Å². The Morgan fingerprint density at radius 2 is 1.76 bits per heavy atom. The molecule has 4 nitrogen and oxygen atoms in total. The highest BCUT2D eigenvalue weighted by Gasteiger charge is 2.30. The molecule has 130 valence electrons. The largest absolute Gasteiger partial charge is 0.337 e. The zero-order chi connectivity index (χ0) is 18.0. The van der Waals surface area contributed by atoms with Gasteiger partial charge < -0.3 is 4.90 Å². The number of rotatable bonds is 4. The molecule has 0 bridgehead atoms. The fraction of sp³-hybridized carbons (Fsp3) is 0.316. The first-order chi connectivity index (χ1) is 12.0. The van der Waals surface area contributed by atoms with Crippen LogP contribution in [0.1, 0.15) is 49.5 Å². The Labute approximate surface area is 155 Å². The van der Waals surface area contributed by atoms with Gasteiger partial charge in [0.1, 0.15) is 0 Å². The number of thiophene rings is 1. The number of carbonyl (C=O) groups excluding carboxylic acids is 3. The SMILES string of the molecule is CC(=O)c1ccc(C(=O)N2CCC[C@@H](C(=O)c3ccc(Cl)cc3)C2)s1. The minimum atomic E-state index is -0.203. The summed E-state index contributed by atoms with van der Waals surface area (Å²) in [5.74, 6) is -0.305. The highest BCUT2D eigenvalue weighted by molar-refractivity contribution is 7.15. The molecule has 2 heterocycles. The van der Waals surface area contributed by atoms with Crippen LogP contribution in [0.5, 0.6) is 0 Å². The van der Waals surface area contributed by atoms with Crippen molar-refractivity contribution in [3.63, 3.8) is 0 Å². The number of ketones is 2. The van der Waals surface area contributed by atoms with E-state index in [0.717, 1.165) is 12.8 Å². The average Bonchev–Trinajstić information content (AvgIpc) is 3.12. The van der Waals surface area contributed by atoms with Gasteiger partial charge >= 0.3 is 0 Å². The number of Topliss-reactive ketones (excluding diaryl/α,β-unsaturated/α-hetero) is 2. The molecule has 1 aliphatic heterocycles. The zero-order valence-electron chi connectivity index (χ0n) is 13.8. The molecule has 1 fully saturated rings. The number of likely N-dealkylation sites (tertiary alicyclic amines) is 1. The van der Waals surface area contributed by atoms with Gasteiger partial charge in [0.05, 0.1) is 9.75 Å². The first-order valence-electron chi connectivity index (χ1n) is 8.15. The molecule has 0 aliphatic carbocycles. The van der Waals surface area contributed by atoms with Crippen molar-refractivity contribution < 1.29 is 14.4 Å². The van der Waals surface area contributed by atoms with Crippen LogP contribution in [0.25, 0.3) is 0 Å². The molecule has 1 aromatic carbocycles. The number of hydrogen-bond acceptors (Lipinski definition) is 4. The maximum atomic E-state index is 12.7. The fourth-order valence-electron chi connectivity index (χ4n) is 3.02. The van der Waals surface area contributed by atoms with E-state index in [9.17, 15) is 14.4 Å². The summed E-state index contributed by atoms with van der Waals surface area (Å²) in [5, 5.41) is 0.593. The van der Waals surface area contributed by atoms with E-state index in [4.69, 9.17) is 11.6 Å². The van der Waals surface area contributed by atoms with Gasteiger partial charge in [-0.1, -0.05) is 11.6 Å². The lowest BCUT2D eigenvalue weighted by Gasteiger charge is -2.31. The van der Waals surface area contributed by atoms with Crippen molar-refractivity contribution in [2.75, 3.05) is 13.1 Å². The topological polar surface area (TPSA) is 54.5 Å². The van der Waals surface area contributed by atoms with Crippen molar-refractivity contribution in [1.82, 2.24) is 4.90 Å². The molecule has 0 unspecified atom stereocenters. The lowest BCUT2D eigenvalue weighted by Crippen LogP contribution is -2.42. The number of piperidine rings is 1. The number of nitrogens with zero attached hydrogens (tertiary/aromatic N) is 1. The second-order valence-corrected chi connectivity index (χ2v) is 7.70. The standard InChI is InChI=1S/C19H18ClNO3S/c1-12(22)16-8-9-17(25-16)19(24)21-10-2-3-14(11-21)18(23)13-4-6-15(20)7-5-13/h4-9,14H,2-3,10-11H2,1H3/t14-/m1/s1. The van der Waals surface area contributed by atoms with E-state index in [1.54, 1.807) is 41.3 Å². The van der Waals surface area contributed by atoms with Crippen LogP contribution in [-0.2, 0) is 0 Å². The summed E-state index contributed by atoms with van der Waals surface area (Å²) >= 11 is 7.08. The van der Waals surface area contributed by atoms with Gasteiger partial charge in [0.2, 0.25) is 0 Å². The molecule has 0 spiro atoms. The van der Waals surface area contributed by atoms with Gasteiger partial charge in [0, 0.05) is 29.6 Å². The highest BCUT2D eigenvalue weighted by atomic mass is 35.5. The first kappa shape index (κ1) is 17.8. The quantitative estimate of drug-likeness (QED) is 0.747. The summed E-state index contributed by atoms with van der Waals surface area (Å²) in [4.78, 5) is 39.6. The van der Waals surface area contributed by atoms with E-state index in [2.05, 4.69) is 0 Å². The van der Waals surface area contributed by atoms with E-state index in [1.165, 1.54) is 18.3 Å². The zero-order valence-corrected chi connectivity index (χ0v) is 15.4. The minimum Gasteiger partial charge on any atom is -0.337 e. The van der Waals surface area contributed by atoms with Crippen molar-refractivity contribution in [1.29, 1.82) is 0 Å². The Kier molecular flexibility index (Phi) is 5.35. The van der Waals surface area contributed by atoms with Crippen LogP contribution in [-0.4, -0.2) is 35.5 Å². The van der Waals surface area contributed by atoms with Crippen molar-refractivity contribution in [3.8, 4) is 0 Å². The van der Waals surface area contributed by atoms with Crippen LogP contribution in [0.3, 0.4) is 0 Å². The summed E-state index contributed by atoms with van der Waals surface area (Å²) in [6.45, 7) is 2.53. The lowest BCUT2D eigenvalue weighted by molar-refractivity contribution is 0.0640. The maximum Gasteiger partial charge on any atom is 0.263 e. The molecule has 1 saturated heterocycles. The Morgan fingerprint density at radius 3 is 2.40 bits per heavy atom. The summed E-state index contributed by atoms with van der Waals surface area (Å²) in [6.07, 6.45) is 1.56. The van der Waals surface area contributed by atoms with E-state index in [-0.39, 0.29) is 23.4 Å². The van der Waals surface area contributed by atoms with E-state index < -0.39 is 0 Å². The summed E-state index contributed by atoms with van der Waals surface area (Å²) < 4.78 is 0. The molecule has 25 heavy (non-hydrogen) atoms. The molecule has 0 N–H and O–H groups in total. The second-order valence-electron chi connectivity index (χ2n) is 6.18. The Morgan fingerprint density at radius 1 is 1.08 bits per heavy atom. The normalized spacial score (nSPS) is 17.4. The predicted molar refractivity (Wildman–Crippen MR) is 98.7 cm³/mol. The van der Waals surface area contributed by atoms with E-state index in [0.29, 0.717) is 33.4 Å². The van der Waals surface area contributed by atoms with Crippen molar-refractivity contribution >= 4 is 40.4 Å². The summed E-state index contributed by atoms with van der Waals surface area (Å²) in [7, 11) is 0. The van der Waals surface area contributed by atoms with Crippen LogP contribution in [0, 0.1) is 5.92 Å². The number of carbonyl (C=O) groups is 3. The summed E-state index contributed by atoms with van der Waals surface area (Å²) in [5.41, 5.74) is 0.624. The van der Waals surface area contributed by atoms with Gasteiger partial charge in [-0.3, -0.25) is 14.4 Å². The molecule has 1 aliphatic rings. The van der Waals surface area contributed by atoms with Crippen molar-refractivity contribution in [2.45, 2.75) is 19.8 Å². The maximum absolute atomic E-state index is 12.7. The second kappa shape index (κ2) is 7.50. The van der Waals surface area contributed by atoms with Crippen molar-refractivity contribution in [2.24, 2.45) is 5.92 Å². The van der Waals surface area contributed by atoms with Crippen LogP contribution >= 0.6 is 22.9 Å². The fourth-order valence-corrected chi connectivity index (χ4v) is 4.02. The molecule has 0 radical (unpaired) electrons. The Balaban J connectivity index is 1.71. The monoisotopic (exact) mass is 375 g/mol. The summed E-state index contributed by atoms with van der Waals surface area (Å²) in [6, 6.07) is 10.2.